The Morgan fingerprint density at radius 1 is 0.833 bits per heavy atom. The average Bonchev–Trinajstić information content (AvgIpc) is 2.40. The number of benzene rings is 2. The Balaban J connectivity index is 0.000000180. The van der Waals surface area contributed by atoms with E-state index < -0.39 is 0 Å². The SMILES string of the molecule is NCc1cccc(F)c1.NCc1ccccc1F. The van der Waals surface area contributed by atoms with Crippen molar-refractivity contribution in [2.75, 3.05) is 0 Å². The third-order valence-electron chi connectivity index (χ3n) is 2.30. The normalized spacial score (nSPS) is 9.56. The summed E-state index contributed by atoms with van der Waals surface area (Å²) in [5, 5.41) is 0. The van der Waals surface area contributed by atoms with E-state index in [1.54, 1.807) is 30.3 Å². The molecule has 0 spiro atoms. The van der Waals surface area contributed by atoms with Crippen molar-refractivity contribution in [2.45, 2.75) is 13.1 Å². The van der Waals surface area contributed by atoms with Crippen LogP contribution in [0.15, 0.2) is 48.5 Å². The predicted molar refractivity (Wildman–Crippen MR) is 68.6 cm³/mol. The molecular formula is C14H16F2N2. The fourth-order valence-electron chi connectivity index (χ4n) is 1.33. The molecule has 2 aromatic carbocycles. The Morgan fingerprint density at radius 3 is 2.00 bits per heavy atom. The maximum Gasteiger partial charge on any atom is 0.127 e. The van der Waals surface area contributed by atoms with Gasteiger partial charge in [-0.1, -0.05) is 30.3 Å². The van der Waals surface area contributed by atoms with E-state index in [1.165, 1.54) is 18.2 Å². The third-order valence-corrected chi connectivity index (χ3v) is 2.30. The molecule has 0 amide bonds. The topological polar surface area (TPSA) is 52.0 Å². The quantitative estimate of drug-likeness (QED) is 0.860. The van der Waals surface area contributed by atoms with Gasteiger partial charge in [0.25, 0.3) is 0 Å². The molecule has 18 heavy (non-hydrogen) atoms. The summed E-state index contributed by atoms with van der Waals surface area (Å²) in [5.41, 5.74) is 11.9. The lowest BCUT2D eigenvalue weighted by Crippen LogP contribution is -1.98. The van der Waals surface area contributed by atoms with Gasteiger partial charge in [-0.05, 0) is 23.8 Å². The molecule has 0 saturated heterocycles. The van der Waals surface area contributed by atoms with Gasteiger partial charge in [0, 0.05) is 18.7 Å². The van der Waals surface area contributed by atoms with E-state index in [1.807, 2.05) is 0 Å². The summed E-state index contributed by atoms with van der Waals surface area (Å²) in [6, 6.07) is 12.8. The molecule has 0 radical (unpaired) electrons. The Labute approximate surface area is 105 Å². The van der Waals surface area contributed by atoms with Gasteiger partial charge in [-0.15, -0.1) is 0 Å². The van der Waals surface area contributed by atoms with Crippen molar-refractivity contribution in [3.05, 3.63) is 71.3 Å². The zero-order valence-electron chi connectivity index (χ0n) is 9.94. The minimum absolute atomic E-state index is 0.222. The lowest BCUT2D eigenvalue weighted by atomic mass is 10.2. The summed E-state index contributed by atoms with van der Waals surface area (Å²) < 4.78 is 24.8. The minimum atomic E-state index is -0.224. The van der Waals surface area contributed by atoms with Crippen molar-refractivity contribution in [1.29, 1.82) is 0 Å². The van der Waals surface area contributed by atoms with Gasteiger partial charge in [-0.2, -0.15) is 0 Å². The fourth-order valence-corrected chi connectivity index (χ4v) is 1.33. The highest BCUT2D eigenvalue weighted by atomic mass is 19.1. The zero-order chi connectivity index (χ0) is 13.4. The summed E-state index contributed by atoms with van der Waals surface area (Å²) in [4.78, 5) is 0. The maximum absolute atomic E-state index is 12.5. The molecule has 2 aromatic rings. The summed E-state index contributed by atoms with van der Waals surface area (Å²) in [6.07, 6.45) is 0. The monoisotopic (exact) mass is 250 g/mol. The van der Waals surface area contributed by atoms with Gasteiger partial charge in [-0.3, -0.25) is 0 Å². The van der Waals surface area contributed by atoms with Crippen LogP contribution in [0.2, 0.25) is 0 Å². The molecule has 0 aromatic heterocycles. The van der Waals surface area contributed by atoms with Gasteiger partial charge < -0.3 is 11.5 Å². The van der Waals surface area contributed by atoms with Gasteiger partial charge in [-0.25, -0.2) is 8.78 Å². The summed E-state index contributed by atoms with van der Waals surface area (Å²) in [7, 11) is 0. The first kappa shape index (κ1) is 14.3. The zero-order valence-corrected chi connectivity index (χ0v) is 9.94. The molecule has 0 atom stereocenters. The Hall–Kier alpha value is -1.78. The fraction of sp³-hybridized carbons (Fsp3) is 0.143. The van der Waals surface area contributed by atoms with Crippen molar-refractivity contribution in [1.82, 2.24) is 0 Å². The van der Waals surface area contributed by atoms with Crippen LogP contribution in [0.3, 0.4) is 0 Å². The molecule has 4 N–H and O–H groups in total. The first-order chi connectivity index (χ1) is 8.67. The molecule has 2 nitrogen and oxygen atoms in total. The number of nitrogens with two attached hydrogens (primary N) is 2. The molecule has 4 heteroatoms. The first-order valence-corrected chi connectivity index (χ1v) is 5.55. The van der Waals surface area contributed by atoms with Gasteiger partial charge in [0.2, 0.25) is 0 Å². The van der Waals surface area contributed by atoms with Crippen LogP contribution in [0.4, 0.5) is 8.78 Å². The molecule has 0 aliphatic rings. The summed E-state index contributed by atoms with van der Waals surface area (Å²) in [6.45, 7) is 0.671. The van der Waals surface area contributed by atoms with E-state index in [0.717, 1.165) is 5.56 Å². The molecule has 0 fully saturated rings. The van der Waals surface area contributed by atoms with E-state index in [2.05, 4.69) is 0 Å². The van der Waals surface area contributed by atoms with E-state index in [-0.39, 0.29) is 18.2 Å². The van der Waals surface area contributed by atoms with Crippen LogP contribution in [0.25, 0.3) is 0 Å². The lowest BCUT2D eigenvalue weighted by Gasteiger charge is -1.94. The van der Waals surface area contributed by atoms with Crippen molar-refractivity contribution in [3.8, 4) is 0 Å². The van der Waals surface area contributed by atoms with Crippen LogP contribution in [-0.4, -0.2) is 0 Å². The lowest BCUT2D eigenvalue weighted by molar-refractivity contribution is 0.610. The predicted octanol–water partition coefficient (Wildman–Crippen LogP) is 2.57. The van der Waals surface area contributed by atoms with Crippen molar-refractivity contribution >= 4 is 0 Å². The van der Waals surface area contributed by atoms with Crippen LogP contribution in [0.1, 0.15) is 11.1 Å². The van der Waals surface area contributed by atoms with Crippen molar-refractivity contribution in [3.63, 3.8) is 0 Å². The Morgan fingerprint density at radius 2 is 1.56 bits per heavy atom. The number of hydrogen-bond donors (Lipinski definition) is 2. The third kappa shape index (κ3) is 4.61. The van der Waals surface area contributed by atoms with E-state index in [9.17, 15) is 8.78 Å². The standard InChI is InChI=1S/2C7H8FN/c8-7-3-1-2-6(4-7)5-9;8-7-4-2-1-3-6(7)5-9/h2*1-4H,5,9H2. The molecule has 0 aliphatic heterocycles. The molecule has 0 bridgehead atoms. The highest BCUT2D eigenvalue weighted by Gasteiger charge is 1.94. The first-order valence-electron chi connectivity index (χ1n) is 5.55. The molecule has 0 unspecified atom stereocenters. The summed E-state index contributed by atoms with van der Waals surface area (Å²) >= 11 is 0. The maximum atomic E-state index is 12.5. The molecule has 96 valence electrons. The van der Waals surface area contributed by atoms with Crippen LogP contribution < -0.4 is 11.5 Å². The largest absolute Gasteiger partial charge is 0.326 e. The van der Waals surface area contributed by atoms with E-state index in [4.69, 9.17) is 11.5 Å². The van der Waals surface area contributed by atoms with Crippen LogP contribution >= 0.6 is 0 Å². The van der Waals surface area contributed by atoms with Crippen molar-refractivity contribution < 1.29 is 8.78 Å². The van der Waals surface area contributed by atoms with Crippen LogP contribution in [-0.2, 0) is 13.1 Å². The number of hydrogen-bond acceptors (Lipinski definition) is 2. The number of halogens is 2. The van der Waals surface area contributed by atoms with Crippen LogP contribution in [0, 0.1) is 11.6 Å². The van der Waals surface area contributed by atoms with Gasteiger partial charge >= 0.3 is 0 Å². The summed E-state index contributed by atoms with van der Waals surface area (Å²) in [5.74, 6) is -0.446. The molecule has 0 aliphatic carbocycles. The highest BCUT2D eigenvalue weighted by Crippen LogP contribution is 2.03. The smallest absolute Gasteiger partial charge is 0.127 e. The second-order valence-electron chi connectivity index (χ2n) is 3.63. The Bertz CT molecular complexity index is 487. The average molecular weight is 250 g/mol. The molecule has 2 rings (SSSR count). The highest BCUT2D eigenvalue weighted by molar-refractivity contribution is 5.16. The van der Waals surface area contributed by atoms with Crippen molar-refractivity contribution in [2.24, 2.45) is 11.5 Å². The van der Waals surface area contributed by atoms with Gasteiger partial charge in [0.05, 0.1) is 0 Å². The van der Waals surface area contributed by atoms with Crippen LogP contribution in [0.5, 0.6) is 0 Å². The second kappa shape index (κ2) is 7.53. The van der Waals surface area contributed by atoms with E-state index in [0.29, 0.717) is 12.1 Å². The minimum Gasteiger partial charge on any atom is -0.326 e. The molecular weight excluding hydrogens is 234 g/mol. The molecule has 0 heterocycles. The molecule has 0 saturated carbocycles. The Kier molecular flexibility index (Phi) is 5.97. The number of rotatable bonds is 2. The van der Waals surface area contributed by atoms with Gasteiger partial charge in [0.15, 0.2) is 0 Å². The second-order valence-corrected chi connectivity index (χ2v) is 3.63. The van der Waals surface area contributed by atoms with Gasteiger partial charge in [0.1, 0.15) is 11.6 Å². The van der Waals surface area contributed by atoms with E-state index >= 15 is 0 Å².